The minimum Gasteiger partial charge on any atom is -0.476 e. The number of pyridine rings is 1. The molecule has 2 nitrogen and oxygen atoms in total. The number of halogens is 3. The number of terminal acetylenes is 1. The van der Waals surface area contributed by atoms with Crippen LogP contribution in [-0.4, -0.2) is 11.6 Å². The first-order chi connectivity index (χ1) is 6.65. The predicted molar refractivity (Wildman–Crippen MR) is 58.2 cm³/mol. The van der Waals surface area contributed by atoms with E-state index in [1.165, 1.54) is 6.07 Å². The Labute approximate surface area is 97.1 Å². The van der Waals surface area contributed by atoms with Gasteiger partial charge in [0.1, 0.15) is 11.6 Å². The third-order valence-corrected chi connectivity index (χ3v) is 2.28. The first-order valence-corrected chi connectivity index (χ1v) is 4.86. The highest BCUT2D eigenvalue weighted by molar-refractivity contribution is 6.42. The van der Waals surface area contributed by atoms with Crippen LogP contribution in [0.3, 0.4) is 0 Å². The molecule has 14 heavy (non-hydrogen) atoms. The normalized spacial score (nSPS) is 9.57. The van der Waals surface area contributed by atoms with Gasteiger partial charge in [0.15, 0.2) is 5.15 Å². The summed E-state index contributed by atoms with van der Waals surface area (Å²) in [6.07, 6.45) is 5.54. The average molecular weight is 251 g/mol. The molecule has 0 N–H and O–H groups in total. The fourth-order valence-electron chi connectivity index (χ4n) is 0.736. The monoisotopic (exact) mass is 249 g/mol. The number of hydrogen-bond donors (Lipinski definition) is 0. The van der Waals surface area contributed by atoms with E-state index in [2.05, 4.69) is 10.9 Å². The Bertz CT molecular complexity index is 373. The summed E-state index contributed by atoms with van der Waals surface area (Å²) >= 11 is 17.2. The van der Waals surface area contributed by atoms with Gasteiger partial charge in [-0.15, -0.1) is 12.3 Å². The lowest BCUT2D eigenvalue weighted by Gasteiger charge is -2.05. The summed E-state index contributed by atoms with van der Waals surface area (Å²) in [7, 11) is 0. The number of ether oxygens (including phenoxy) is 1. The van der Waals surface area contributed by atoms with Gasteiger partial charge in [0.2, 0.25) is 5.88 Å². The Hall–Kier alpha value is -0.620. The Morgan fingerprint density at radius 2 is 2.07 bits per heavy atom. The molecule has 0 radical (unpaired) electrons. The van der Waals surface area contributed by atoms with Crippen LogP contribution in [0.2, 0.25) is 15.2 Å². The topological polar surface area (TPSA) is 22.1 Å². The summed E-state index contributed by atoms with van der Waals surface area (Å²) in [4.78, 5) is 3.85. The van der Waals surface area contributed by atoms with Crippen molar-refractivity contribution in [1.29, 1.82) is 0 Å². The molecule has 0 aliphatic rings. The average Bonchev–Trinajstić information content (AvgIpc) is 2.14. The fraction of sp³-hybridized carbons (Fsp3) is 0.222. The molecule has 1 aromatic heterocycles. The van der Waals surface area contributed by atoms with Gasteiger partial charge in [0.05, 0.1) is 5.02 Å². The van der Waals surface area contributed by atoms with Crippen molar-refractivity contribution in [3.63, 3.8) is 0 Å². The molecule has 0 fully saturated rings. The third-order valence-electron chi connectivity index (χ3n) is 1.34. The van der Waals surface area contributed by atoms with E-state index in [4.69, 9.17) is 46.0 Å². The van der Waals surface area contributed by atoms with Crippen LogP contribution in [0.15, 0.2) is 6.07 Å². The van der Waals surface area contributed by atoms with E-state index >= 15 is 0 Å². The Morgan fingerprint density at radius 1 is 1.36 bits per heavy atom. The van der Waals surface area contributed by atoms with Crippen LogP contribution in [0.5, 0.6) is 5.88 Å². The standard InChI is InChI=1S/C9H6Cl3NO/c1-2-3-4-14-9-7(11)5-6(10)8(12)13-9/h1,5H,3-4H2. The van der Waals surface area contributed by atoms with Crippen molar-refractivity contribution in [2.45, 2.75) is 6.42 Å². The fourth-order valence-corrected chi connectivity index (χ4v) is 1.28. The molecule has 1 rings (SSSR count). The van der Waals surface area contributed by atoms with E-state index < -0.39 is 0 Å². The first-order valence-electron chi connectivity index (χ1n) is 3.73. The second kappa shape index (κ2) is 5.31. The number of rotatable bonds is 3. The molecule has 1 aromatic rings. The second-order valence-electron chi connectivity index (χ2n) is 2.35. The lowest BCUT2D eigenvalue weighted by molar-refractivity contribution is 0.315. The molecule has 0 saturated carbocycles. The summed E-state index contributed by atoms with van der Waals surface area (Å²) in [6.45, 7) is 0.348. The summed E-state index contributed by atoms with van der Waals surface area (Å²) in [5.74, 6) is 2.68. The minimum absolute atomic E-state index is 0.159. The van der Waals surface area contributed by atoms with E-state index in [1.54, 1.807) is 0 Å². The number of aromatic nitrogens is 1. The molecule has 0 aliphatic carbocycles. The summed E-state index contributed by atoms with van der Waals surface area (Å²) < 4.78 is 5.18. The van der Waals surface area contributed by atoms with Crippen LogP contribution in [-0.2, 0) is 0 Å². The van der Waals surface area contributed by atoms with E-state index in [0.717, 1.165) is 0 Å². The van der Waals surface area contributed by atoms with Gasteiger partial charge >= 0.3 is 0 Å². The summed E-state index contributed by atoms with van der Waals surface area (Å²) in [6, 6.07) is 1.48. The van der Waals surface area contributed by atoms with Gasteiger partial charge < -0.3 is 4.74 Å². The molecule has 0 saturated heterocycles. The molecular formula is C9H6Cl3NO. The molecule has 0 amide bonds. The van der Waals surface area contributed by atoms with Gasteiger partial charge in [0, 0.05) is 6.42 Å². The van der Waals surface area contributed by atoms with Crippen LogP contribution in [0.25, 0.3) is 0 Å². The molecule has 74 valence electrons. The van der Waals surface area contributed by atoms with Crippen LogP contribution in [0, 0.1) is 12.3 Å². The van der Waals surface area contributed by atoms with Crippen molar-refractivity contribution < 1.29 is 4.74 Å². The lowest BCUT2D eigenvalue weighted by Crippen LogP contribution is -1.98. The van der Waals surface area contributed by atoms with E-state index in [1.807, 2.05) is 0 Å². The van der Waals surface area contributed by atoms with Gasteiger partial charge in [-0.2, -0.15) is 4.98 Å². The highest BCUT2D eigenvalue weighted by Crippen LogP contribution is 2.30. The molecule has 0 aliphatic heterocycles. The summed E-state index contributed by atoms with van der Waals surface area (Å²) in [5.41, 5.74) is 0. The highest BCUT2D eigenvalue weighted by atomic mass is 35.5. The van der Waals surface area contributed by atoms with Crippen LogP contribution < -0.4 is 4.74 Å². The lowest BCUT2D eigenvalue weighted by atomic mass is 10.4. The SMILES string of the molecule is C#CCCOc1nc(Cl)c(Cl)cc1Cl. The van der Waals surface area contributed by atoms with Crippen molar-refractivity contribution in [2.24, 2.45) is 0 Å². The van der Waals surface area contributed by atoms with Crippen LogP contribution in [0.1, 0.15) is 6.42 Å². The van der Waals surface area contributed by atoms with E-state index in [0.29, 0.717) is 23.1 Å². The quantitative estimate of drug-likeness (QED) is 0.466. The maximum absolute atomic E-state index is 5.80. The first kappa shape index (κ1) is 11.5. The third kappa shape index (κ3) is 2.95. The number of nitrogens with zero attached hydrogens (tertiary/aromatic N) is 1. The van der Waals surface area contributed by atoms with E-state index in [-0.39, 0.29) is 11.0 Å². The zero-order chi connectivity index (χ0) is 10.6. The van der Waals surface area contributed by atoms with Crippen LogP contribution in [0.4, 0.5) is 0 Å². The molecule has 0 bridgehead atoms. The minimum atomic E-state index is 0.159. The molecule has 5 heteroatoms. The van der Waals surface area contributed by atoms with Gasteiger partial charge in [-0.1, -0.05) is 34.8 Å². The molecule has 0 aromatic carbocycles. The number of hydrogen-bond acceptors (Lipinski definition) is 2. The molecule has 0 atom stereocenters. The molecule has 1 heterocycles. The zero-order valence-corrected chi connectivity index (χ0v) is 9.33. The smallest absolute Gasteiger partial charge is 0.234 e. The van der Waals surface area contributed by atoms with Crippen molar-refractivity contribution in [2.75, 3.05) is 6.61 Å². The maximum Gasteiger partial charge on any atom is 0.234 e. The van der Waals surface area contributed by atoms with Crippen molar-refractivity contribution in [3.8, 4) is 18.2 Å². The van der Waals surface area contributed by atoms with Gasteiger partial charge in [-0.25, -0.2) is 0 Å². The molecular weight excluding hydrogens is 244 g/mol. The maximum atomic E-state index is 5.80. The summed E-state index contributed by atoms with van der Waals surface area (Å²) in [5, 5.41) is 0.768. The van der Waals surface area contributed by atoms with Crippen molar-refractivity contribution >= 4 is 34.8 Å². The predicted octanol–water partition coefficient (Wildman–Crippen LogP) is 3.44. The van der Waals surface area contributed by atoms with Gasteiger partial charge in [-0.05, 0) is 6.07 Å². The Kier molecular flexibility index (Phi) is 4.34. The zero-order valence-electron chi connectivity index (χ0n) is 7.06. The van der Waals surface area contributed by atoms with Gasteiger partial charge in [0.25, 0.3) is 0 Å². The van der Waals surface area contributed by atoms with Crippen molar-refractivity contribution in [1.82, 2.24) is 4.98 Å². The molecule has 0 spiro atoms. The van der Waals surface area contributed by atoms with Crippen molar-refractivity contribution in [3.05, 3.63) is 21.3 Å². The largest absolute Gasteiger partial charge is 0.476 e. The van der Waals surface area contributed by atoms with Crippen LogP contribution >= 0.6 is 34.8 Å². The van der Waals surface area contributed by atoms with E-state index in [9.17, 15) is 0 Å². The Morgan fingerprint density at radius 3 is 2.71 bits per heavy atom. The second-order valence-corrected chi connectivity index (χ2v) is 3.52. The Balaban J connectivity index is 2.78. The molecule has 0 unspecified atom stereocenters. The highest BCUT2D eigenvalue weighted by Gasteiger charge is 2.08. The van der Waals surface area contributed by atoms with Gasteiger partial charge in [-0.3, -0.25) is 0 Å².